The predicted molar refractivity (Wildman–Crippen MR) is 72.4 cm³/mol. The van der Waals surface area contributed by atoms with Crippen molar-refractivity contribution in [2.24, 2.45) is 11.7 Å². The van der Waals surface area contributed by atoms with E-state index in [1.165, 1.54) is 0 Å². The average molecular weight is 271 g/mol. The van der Waals surface area contributed by atoms with E-state index in [4.69, 9.17) is 5.73 Å². The van der Waals surface area contributed by atoms with Crippen LogP contribution < -0.4 is 11.1 Å². The Bertz CT molecular complexity index is 334. The van der Waals surface area contributed by atoms with Crippen molar-refractivity contribution in [3.05, 3.63) is 0 Å². The zero-order valence-corrected chi connectivity index (χ0v) is 12.0. The molecule has 0 saturated carbocycles. The van der Waals surface area contributed by atoms with Gasteiger partial charge in [0.1, 0.15) is 6.04 Å². The first-order valence-electron chi connectivity index (χ1n) is 6.84. The van der Waals surface area contributed by atoms with Crippen LogP contribution in [0.2, 0.25) is 0 Å². The van der Waals surface area contributed by atoms with Crippen LogP contribution in [-0.4, -0.2) is 46.7 Å². The van der Waals surface area contributed by atoms with E-state index in [9.17, 15) is 14.7 Å². The van der Waals surface area contributed by atoms with Gasteiger partial charge >= 0.3 is 6.03 Å². The van der Waals surface area contributed by atoms with Crippen molar-refractivity contribution in [3.8, 4) is 0 Å². The summed E-state index contributed by atoms with van der Waals surface area (Å²) in [5.41, 5.74) is 4.44. The Hall–Kier alpha value is -1.30. The third-order valence-electron chi connectivity index (χ3n) is 3.93. The fourth-order valence-electron chi connectivity index (χ4n) is 2.24. The van der Waals surface area contributed by atoms with Gasteiger partial charge in [-0.25, -0.2) is 4.79 Å². The van der Waals surface area contributed by atoms with Crippen LogP contribution >= 0.6 is 0 Å². The van der Waals surface area contributed by atoms with E-state index < -0.39 is 17.7 Å². The largest absolute Gasteiger partial charge is 0.390 e. The quantitative estimate of drug-likeness (QED) is 0.692. The molecule has 0 radical (unpaired) electrons. The monoisotopic (exact) mass is 271 g/mol. The van der Waals surface area contributed by atoms with Crippen LogP contribution in [0, 0.1) is 5.92 Å². The Kier molecular flexibility index (Phi) is 5.17. The van der Waals surface area contributed by atoms with Gasteiger partial charge in [0.2, 0.25) is 5.91 Å². The lowest BCUT2D eigenvalue weighted by Crippen LogP contribution is -2.55. The molecule has 0 aromatic heterocycles. The molecule has 1 aliphatic rings. The van der Waals surface area contributed by atoms with Crippen molar-refractivity contribution in [2.45, 2.75) is 51.7 Å². The Labute approximate surface area is 114 Å². The smallest absolute Gasteiger partial charge is 0.312 e. The number of amides is 3. The van der Waals surface area contributed by atoms with Gasteiger partial charge < -0.3 is 21.1 Å². The molecule has 19 heavy (non-hydrogen) atoms. The molecular formula is C13H25N3O3. The van der Waals surface area contributed by atoms with Crippen molar-refractivity contribution in [3.63, 3.8) is 0 Å². The van der Waals surface area contributed by atoms with Crippen LogP contribution in [0.4, 0.5) is 4.79 Å². The Morgan fingerprint density at radius 3 is 2.37 bits per heavy atom. The fourth-order valence-corrected chi connectivity index (χ4v) is 2.24. The molecule has 6 nitrogen and oxygen atoms in total. The SMILES string of the molecule is CCC(C)C(NC(N)=O)C(=O)N1CCC(C)(O)CC1. The lowest BCUT2D eigenvalue weighted by molar-refractivity contribution is -0.138. The second-order valence-corrected chi connectivity index (χ2v) is 5.69. The Balaban J connectivity index is 2.69. The lowest BCUT2D eigenvalue weighted by atomic mass is 9.92. The van der Waals surface area contributed by atoms with Gasteiger partial charge in [0.25, 0.3) is 0 Å². The molecule has 110 valence electrons. The van der Waals surface area contributed by atoms with Gasteiger partial charge in [-0.3, -0.25) is 4.79 Å². The van der Waals surface area contributed by atoms with Crippen molar-refractivity contribution in [1.29, 1.82) is 0 Å². The number of primary amides is 1. The standard InChI is InChI=1S/C13H25N3O3/c1-4-9(2)10(15-12(14)18)11(17)16-7-5-13(3,19)6-8-16/h9-10,19H,4-8H2,1-3H3,(H3,14,15,18). The second kappa shape index (κ2) is 6.23. The molecule has 0 spiro atoms. The molecule has 0 aromatic carbocycles. The molecular weight excluding hydrogens is 246 g/mol. The number of hydrogen-bond acceptors (Lipinski definition) is 3. The van der Waals surface area contributed by atoms with Crippen LogP contribution in [0.15, 0.2) is 0 Å². The molecule has 2 atom stereocenters. The van der Waals surface area contributed by atoms with Gasteiger partial charge in [0.05, 0.1) is 5.60 Å². The first-order valence-corrected chi connectivity index (χ1v) is 6.84. The number of nitrogens with one attached hydrogen (secondary N) is 1. The number of urea groups is 1. The highest BCUT2D eigenvalue weighted by atomic mass is 16.3. The molecule has 1 rings (SSSR count). The summed E-state index contributed by atoms with van der Waals surface area (Å²) in [6, 6.07) is -1.26. The van der Waals surface area contributed by atoms with E-state index in [-0.39, 0.29) is 11.8 Å². The number of carbonyl (C=O) groups excluding carboxylic acids is 2. The Morgan fingerprint density at radius 1 is 1.42 bits per heavy atom. The number of hydrogen-bond donors (Lipinski definition) is 3. The number of piperidine rings is 1. The van der Waals surface area contributed by atoms with E-state index in [1.54, 1.807) is 11.8 Å². The van der Waals surface area contributed by atoms with E-state index in [1.807, 2.05) is 13.8 Å². The summed E-state index contributed by atoms with van der Waals surface area (Å²) in [6.07, 6.45) is 1.90. The number of nitrogens with two attached hydrogens (primary N) is 1. The molecule has 1 heterocycles. The molecule has 4 N–H and O–H groups in total. The highest BCUT2D eigenvalue weighted by Gasteiger charge is 2.34. The predicted octanol–water partition coefficient (Wildman–Crippen LogP) is 0.443. The summed E-state index contributed by atoms with van der Waals surface area (Å²) in [5, 5.41) is 12.4. The third-order valence-corrected chi connectivity index (χ3v) is 3.93. The maximum atomic E-state index is 12.4. The first kappa shape index (κ1) is 15.8. The third kappa shape index (κ3) is 4.38. The normalized spacial score (nSPS) is 21.6. The van der Waals surface area contributed by atoms with E-state index in [0.717, 1.165) is 6.42 Å². The molecule has 1 fully saturated rings. The van der Waals surface area contributed by atoms with Crippen LogP contribution in [0.5, 0.6) is 0 Å². The fraction of sp³-hybridized carbons (Fsp3) is 0.846. The molecule has 2 unspecified atom stereocenters. The minimum absolute atomic E-state index is 0.0300. The molecule has 1 saturated heterocycles. The maximum Gasteiger partial charge on any atom is 0.312 e. The topological polar surface area (TPSA) is 95.7 Å². The van der Waals surface area contributed by atoms with Crippen molar-refractivity contribution in [1.82, 2.24) is 10.2 Å². The van der Waals surface area contributed by atoms with Gasteiger partial charge in [0.15, 0.2) is 0 Å². The van der Waals surface area contributed by atoms with Crippen LogP contribution in [-0.2, 0) is 4.79 Å². The highest BCUT2D eigenvalue weighted by molar-refractivity contribution is 5.87. The molecule has 6 heteroatoms. The highest BCUT2D eigenvalue weighted by Crippen LogP contribution is 2.22. The average Bonchev–Trinajstić information content (AvgIpc) is 2.34. The zero-order valence-electron chi connectivity index (χ0n) is 12.0. The number of rotatable bonds is 4. The van der Waals surface area contributed by atoms with Crippen molar-refractivity contribution < 1.29 is 14.7 Å². The van der Waals surface area contributed by atoms with Gasteiger partial charge in [-0.15, -0.1) is 0 Å². The second-order valence-electron chi connectivity index (χ2n) is 5.69. The van der Waals surface area contributed by atoms with Crippen LogP contribution in [0.25, 0.3) is 0 Å². The molecule has 0 aromatic rings. The summed E-state index contributed by atoms with van der Waals surface area (Å²) in [5.74, 6) is -0.0777. The summed E-state index contributed by atoms with van der Waals surface area (Å²) in [6.45, 7) is 6.69. The van der Waals surface area contributed by atoms with Gasteiger partial charge in [0, 0.05) is 13.1 Å². The van der Waals surface area contributed by atoms with Gasteiger partial charge in [-0.2, -0.15) is 0 Å². The van der Waals surface area contributed by atoms with Crippen molar-refractivity contribution >= 4 is 11.9 Å². The van der Waals surface area contributed by atoms with E-state index >= 15 is 0 Å². The summed E-state index contributed by atoms with van der Waals surface area (Å²) >= 11 is 0. The summed E-state index contributed by atoms with van der Waals surface area (Å²) in [4.78, 5) is 25.1. The van der Waals surface area contributed by atoms with Gasteiger partial charge in [-0.05, 0) is 25.7 Å². The minimum Gasteiger partial charge on any atom is -0.390 e. The maximum absolute atomic E-state index is 12.4. The number of likely N-dealkylation sites (tertiary alicyclic amines) is 1. The number of carbonyl (C=O) groups is 2. The van der Waals surface area contributed by atoms with Gasteiger partial charge in [-0.1, -0.05) is 20.3 Å². The minimum atomic E-state index is -0.695. The summed E-state index contributed by atoms with van der Waals surface area (Å²) in [7, 11) is 0. The first-order chi connectivity index (χ1) is 8.76. The van der Waals surface area contributed by atoms with Crippen LogP contribution in [0.3, 0.4) is 0 Å². The molecule has 0 bridgehead atoms. The number of nitrogens with zero attached hydrogens (tertiary/aromatic N) is 1. The lowest BCUT2D eigenvalue weighted by Gasteiger charge is -2.38. The van der Waals surface area contributed by atoms with Crippen LogP contribution in [0.1, 0.15) is 40.0 Å². The zero-order chi connectivity index (χ0) is 14.6. The summed E-state index contributed by atoms with van der Waals surface area (Å²) < 4.78 is 0. The molecule has 3 amide bonds. The van der Waals surface area contributed by atoms with Crippen molar-refractivity contribution in [2.75, 3.05) is 13.1 Å². The molecule has 1 aliphatic heterocycles. The van der Waals surface area contributed by atoms with E-state index in [0.29, 0.717) is 25.9 Å². The Morgan fingerprint density at radius 2 is 1.95 bits per heavy atom. The van der Waals surface area contributed by atoms with E-state index in [2.05, 4.69) is 5.32 Å². The number of aliphatic hydroxyl groups is 1. The molecule has 0 aliphatic carbocycles.